The average molecular weight is 277 g/mol. The van der Waals surface area contributed by atoms with Crippen molar-refractivity contribution in [3.63, 3.8) is 0 Å². The van der Waals surface area contributed by atoms with Crippen LogP contribution in [-0.4, -0.2) is 10.7 Å². The van der Waals surface area contributed by atoms with Crippen molar-refractivity contribution in [2.75, 3.05) is 0 Å². The van der Waals surface area contributed by atoms with E-state index in [2.05, 4.69) is 13.0 Å². The summed E-state index contributed by atoms with van der Waals surface area (Å²) in [4.78, 5) is 0. The molecule has 1 N–H and O–H groups in total. The molecule has 2 rings (SSSR count). The molecule has 0 unspecified atom stereocenters. The Kier molecular flexibility index (Phi) is 5.49. The Morgan fingerprint density at radius 3 is 2.05 bits per heavy atom. The van der Waals surface area contributed by atoms with Crippen LogP contribution in [0.25, 0.3) is 0 Å². The van der Waals surface area contributed by atoms with Crippen LogP contribution in [0, 0.1) is 22.7 Å². The third-order valence-electron chi connectivity index (χ3n) is 5.94. The highest BCUT2D eigenvalue weighted by atomic mass is 16.3. The number of hydrogen-bond acceptors (Lipinski definition) is 2. The second-order valence-corrected chi connectivity index (χ2v) is 7.23. The highest BCUT2D eigenvalue weighted by Crippen LogP contribution is 2.50. The SMILES string of the molecule is CCCC1CCC(O)(C2(C#N)CCCCCCC2)CC1. The first-order valence-corrected chi connectivity index (χ1v) is 8.79. The molecule has 0 spiro atoms. The standard InChI is InChI=1S/C18H31NO/c1-2-8-16-9-13-18(20,14-10-16)17(15-19)11-6-4-3-5-7-12-17/h16,20H,2-14H2,1H3. The van der Waals surface area contributed by atoms with Crippen LogP contribution >= 0.6 is 0 Å². The Labute approximate surface area is 124 Å². The van der Waals surface area contributed by atoms with Gasteiger partial charge in [0.1, 0.15) is 0 Å². The summed E-state index contributed by atoms with van der Waals surface area (Å²) in [6.07, 6.45) is 14.3. The number of aliphatic hydroxyl groups is 1. The Balaban J connectivity index is 2.07. The lowest BCUT2D eigenvalue weighted by molar-refractivity contribution is -0.101. The zero-order chi connectivity index (χ0) is 14.5. The van der Waals surface area contributed by atoms with Crippen molar-refractivity contribution in [3.8, 4) is 6.07 Å². The van der Waals surface area contributed by atoms with Crippen molar-refractivity contribution >= 4 is 0 Å². The highest BCUT2D eigenvalue weighted by Gasteiger charge is 2.51. The van der Waals surface area contributed by atoms with Gasteiger partial charge in [0, 0.05) is 0 Å². The van der Waals surface area contributed by atoms with Crippen LogP contribution in [-0.2, 0) is 0 Å². The van der Waals surface area contributed by atoms with E-state index in [1.165, 1.54) is 32.1 Å². The first kappa shape index (κ1) is 15.8. The molecule has 0 aromatic carbocycles. The third kappa shape index (κ3) is 3.19. The summed E-state index contributed by atoms with van der Waals surface area (Å²) in [5.41, 5.74) is -1.16. The van der Waals surface area contributed by atoms with Gasteiger partial charge in [0.2, 0.25) is 0 Å². The molecule has 0 heterocycles. The minimum atomic E-state index is -0.705. The van der Waals surface area contributed by atoms with E-state index in [4.69, 9.17) is 0 Å². The van der Waals surface area contributed by atoms with E-state index in [9.17, 15) is 10.4 Å². The Hall–Kier alpha value is -0.550. The van der Waals surface area contributed by atoms with Gasteiger partial charge in [-0.3, -0.25) is 0 Å². The van der Waals surface area contributed by atoms with Crippen LogP contribution < -0.4 is 0 Å². The Morgan fingerprint density at radius 2 is 1.55 bits per heavy atom. The fourth-order valence-electron chi connectivity index (χ4n) is 4.52. The summed E-state index contributed by atoms with van der Waals surface area (Å²) in [5, 5.41) is 21.1. The predicted octanol–water partition coefficient (Wildman–Crippen LogP) is 4.96. The van der Waals surface area contributed by atoms with E-state index in [0.29, 0.717) is 0 Å². The minimum Gasteiger partial charge on any atom is -0.388 e. The van der Waals surface area contributed by atoms with Gasteiger partial charge in [-0.1, -0.05) is 51.9 Å². The average Bonchev–Trinajstić information content (AvgIpc) is 2.42. The molecule has 2 aliphatic rings. The summed E-state index contributed by atoms with van der Waals surface area (Å²) >= 11 is 0. The molecule has 2 fully saturated rings. The largest absolute Gasteiger partial charge is 0.388 e. The van der Waals surface area contributed by atoms with Crippen molar-refractivity contribution in [1.29, 1.82) is 5.26 Å². The van der Waals surface area contributed by atoms with Crippen LogP contribution in [0.1, 0.15) is 90.4 Å². The second kappa shape index (κ2) is 6.94. The fraction of sp³-hybridized carbons (Fsp3) is 0.944. The van der Waals surface area contributed by atoms with E-state index in [0.717, 1.165) is 57.3 Å². The number of rotatable bonds is 3. The molecule has 0 radical (unpaired) electrons. The van der Waals surface area contributed by atoms with E-state index < -0.39 is 11.0 Å². The smallest absolute Gasteiger partial charge is 0.0860 e. The van der Waals surface area contributed by atoms with Crippen molar-refractivity contribution in [1.82, 2.24) is 0 Å². The monoisotopic (exact) mass is 277 g/mol. The van der Waals surface area contributed by atoms with Gasteiger partial charge in [-0.25, -0.2) is 0 Å². The molecule has 2 aliphatic carbocycles. The molecule has 0 aromatic heterocycles. The third-order valence-corrected chi connectivity index (χ3v) is 5.94. The molecular weight excluding hydrogens is 246 g/mol. The van der Waals surface area contributed by atoms with Crippen LogP contribution in [0.4, 0.5) is 0 Å². The topological polar surface area (TPSA) is 44.0 Å². The normalized spacial score (nSPS) is 34.8. The van der Waals surface area contributed by atoms with Crippen molar-refractivity contribution in [3.05, 3.63) is 0 Å². The van der Waals surface area contributed by atoms with E-state index in [1.54, 1.807) is 0 Å². The molecule has 2 heteroatoms. The van der Waals surface area contributed by atoms with Crippen LogP contribution in [0.15, 0.2) is 0 Å². The maximum Gasteiger partial charge on any atom is 0.0860 e. The summed E-state index contributed by atoms with van der Waals surface area (Å²) in [5.74, 6) is 0.782. The molecule has 2 nitrogen and oxygen atoms in total. The molecule has 114 valence electrons. The number of nitrogens with zero attached hydrogens (tertiary/aromatic N) is 1. The maximum absolute atomic E-state index is 11.2. The van der Waals surface area contributed by atoms with E-state index in [1.807, 2.05) is 0 Å². The first-order valence-electron chi connectivity index (χ1n) is 8.79. The molecule has 2 saturated carbocycles. The van der Waals surface area contributed by atoms with Crippen LogP contribution in [0.3, 0.4) is 0 Å². The number of hydrogen-bond donors (Lipinski definition) is 1. The number of nitriles is 1. The first-order chi connectivity index (χ1) is 9.66. The van der Waals surface area contributed by atoms with Gasteiger partial charge >= 0.3 is 0 Å². The summed E-state index contributed by atoms with van der Waals surface area (Å²) in [7, 11) is 0. The maximum atomic E-state index is 11.2. The zero-order valence-electron chi connectivity index (χ0n) is 13.2. The van der Waals surface area contributed by atoms with Gasteiger partial charge in [-0.2, -0.15) is 5.26 Å². The lowest BCUT2D eigenvalue weighted by Crippen LogP contribution is -2.50. The lowest BCUT2D eigenvalue weighted by Gasteiger charge is -2.47. The van der Waals surface area contributed by atoms with Crippen molar-refractivity contribution in [2.24, 2.45) is 11.3 Å². The molecule has 0 saturated heterocycles. The van der Waals surface area contributed by atoms with E-state index >= 15 is 0 Å². The molecule has 20 heavy (non-hydrogen) atoms. The van der Waals surface area contributed by atoms with Crippen molar-refractivity contribution < 1.29 is 5.11 Å². The van der Waals surface area contributed by atoms with Gasteiger partial charge < -0.3 is 5.11 Å². The van der Waals surface area contributed by atoms with E-state index in [-0.39, 0.29) is 0 Å². The molecule has 0 bridgehead atoms. The van der Waals surface area contributed by atoms with Gasteiger partial charge in [0.05, 0.1) is 17.1 Å². The summed E-state index contributed by atoms with van der Waals surface area (Å²) in [6.45, 7) is 2.24. The van der Waals surface area contributed by atoms with Gasteiger partial charge in [0.25, 0.3) is 0 Å². The summed E-state index contributed by atoms with van der Waals surface area (Å²) < 4.78 is 0. The highest BCUT2D eigenvalue weighted by molar-refractivity contribution is 5.12. The molecule has 0 amide bonds. The van der Waals surface area contributed by atoms with Gasteiger partial charge in [-0.15, -0.1) is 0 Å². The van der Waals surface area contributed by atoms with Crippen LogP contribution in [0.5, 0.6) is 0 Å². The quantitative estimate of drug-likeness (QED) is 0.792. The second-order valence-electron chi connectivity index (χ2n) is 7.23. The zero-order valence-corrected chi connectivity index (χ0v) is 13.2. The molecular formula is C18H31NO. The molecule has 0 aromatic rings. The van der Waals surface area contributed by atoms with Gasteiger partial charge in [-0.05, 0) is 44.4 Å². The Morgan fingerprint density at radius 1 is 1.00 bits per heavy atom. The lowest BCUT2D eigenvalue weighted by atomic mass is 9.59. The predicted molar refractivity (Wildman–Crippen MR) is 82.2 cm³/mol. The van der Waals surface area contributed by atoms with Crippen molar-refractivity contribution in [2.45, 2.75) is 96.0 Å². The minimum absolute atomic E-state index is 0.454. The molecule has 0 aliphatic heterocycles. The van der Waals surface area contributed by atoms with Gasteiger partial charge in [0.15, 0.2) is 0 Å². The molecule has 0 atom stereocenters. The van der Waals surface area contributed by atoms with Crippen LogP contribution in [0.2, 0.25) is 0 Å². The summed E-state index contributed by atoms with van der Waals surface area (Å²) in [6, 6.07) is 2.59. The Bertz CT molecular complexity index is 328. The fourth-order valence-corrected chi connectivity index (χ4v) is 4.52.